The molecule has 34 heavy (non-hydrogen) atoms. The topological polar surface area (TPSA) is 89.4 Å². The van der Waals surface area contributed by atoms with Gasteiger partial charge in [-0.25, -0.2) is 0 Å². The Morgan fingerprint density at radius 2 is 1.88 bits per heavy atom. The molecule has 8 nitrogen and oxygen atoms in total. The summed E-state index contributed by atoms with van der Waals surface area (Å²) in [5.74, 6) is 0.0402. The molecule has 3 aromatic rings. The van der Waals surface area contributed by atoms with Crippen LogP contribution in [0.25, 0.3) is 21.8 Å². The molecule has 1 saturated heterocycles. The van der Waals surface area contributed by atoms with Crippen LogP contribution in [-0.2, 0) is 9.47 Å². The molecular weight excluding hydrogens is 432 g/mol. The standard InChI is InChI=1S/C26H34N4O4/c1-3-33-12-13-34-19-8-10-29(11-9-19)26(32)20-15-21-23(14-17(20)2)28-25(31)22-16-27-30(24(21)22)18-6-4-5-7-18/h14-16,18-19H,3-13H2,1-2H3,(H,28,31). The maximum absolute atomic E-state index is 13.5. The van der Waals surface area contributed by atoms with Crippen LogP contribution < -0.4 is 5.56 Å². The minimum Gasteiger partial charge on any atom is -0.379 e. The Morgan fingerprint density at radius 1 is 1.12 bits per heavy atom. The molecule has 0 bridgehead atoms. The van der Waals surface area contributed by atoms with Crippen molar-refractivity contribution in [3.63, 3.8) is 0 Å². The van der Waals surface area contributed by atoms with E-state index in [1.807, 2.05) is 35.6 Å². The first-order valence-corrected chi connectivity index (χ1v) is 12.6. The molecule has 1 aromatic carbocycles. The second-order valence-corrected chi connectivity index (χ2v) is 9.52. The molecule has 2 aliphatic rings. The minimum absolute atomic E-state index is 0.0402. The molecule has 182 valence electrons. The number of rotatable bonds is 7. The highest BCUT2D eigenvalue weighted by Crippen LogP contribution is 2.34. The SMILES string of the molecule is CCOCCOC1CCN(C(=O)c2cc3c(cc2C)[nH]c(=O)c2cnn(C4CCCC4)c23)CC1. The number of aryl methyl sites for hydroxylation is 1. The second kappa shape index (κ2) is 9.88. The average Bonchev–Trinajstić information content (AvgIpc) is 3.52. The molecule has 1 N–H and O–H groups in total. The lowest BCUT2D eigenvalue weighted by atomic mass is 10.0. The number of amides is 1. The first-order chi connectivity index (χ1) is 16.6. The highest BCUT2D eigenvalue weighted by atomic mass is 16.5. The zero-order valence-electron chi connectivity index (χ0n) is 20.1. The van der Waals surface area contributed by atoms with Crippen molar-refractivity contribution in [3.05, 3.63) is 39.8 Å². The van der Waals surface area contributed by atoms with E-state index >= 15 is 0 Å². The highest BCUT2D eigenvalue weighted by Gasteiger charge is 2.27. The van der Waals surface area contributed by atoms with E-state index in [9.17, 15) is 9.59 Å². The fourth-order valence-electron chi connectivity index (χ4n) is 5.46. The van der Waals surface area contributed by atoms with Gasteiger partial charge < -0.3 is 19.4 Å². The minimum atomic E-state index is -0.128. The third-order valence-electron chi connectivity index (χ3n) is 7.32. The summed E-state index contributed by atoms with van der Waals surface area (Å²) in [6.45, 7) is 7.17. The first-order valence-electron chi connectivity index (χ1n) is 12.6. The lowest BCUT2D eigenvalue weighted by molar-refractivity contribution is -0.0182. The van der Waals surface area contributed by atoms with Crippen LogP contribution in [0, 0.1) is 6.92 Å². The van der Waals surface area contributed by atoms with Crippen LogP contribution in [0.2, 0.25) is 0 Å². The Balaban J connectivity index is 1.41. The molecule has 0 unspecified atom stereocenters. The largest absolute Gasteiger partial charge is 0.379 e. The number of carbonyl (C=O) groups excluding carboxylic acids is 1. The molecule has 0 radical (unpaired) electrons. The molecule has 2 fully saturated rings. The molecule has 5 rings (SSSR count). The third kappa shape index (κ3) is 4.36. The third-order valence-corrected chi connectivity index (χ3v) is 7.32. The molecule has 3 heterocycles. The van der Waals surface area contributed by atoms with Crippen LogP contribution in [0.4, 0.5) is 0 Å². The summed E-state index contributed by atoms with van der Waals surface area (Å²) in [5, 5.41) is 6.08. The maximum Gasteiger partial charge on any atom is 0.259 e. The Labute approximate surface area is 199 Å². The van der Waals surface area contributed by atoms with Gasteiger partial charge in [-0.05, 0) is 57.2 Å². The number of fused-ring (bicyclic) bond motifs is 3. The van der Waals surface area contributed by atoms with Crippen molar-refractivity contribution in [2.24, 2.45) is 0 Å². The van der Waals surface area contributed by atoms with E-state index in [1.54, 1.807) is 6.20 Å². The van der Waals surface area contributed by atoms with E-state index in [2.05, 4.69) is 10.1 Å². The van der Waals surface area contributed by atoms with E-state index < -0.39 is 0 Å². The van der Waals surface area contributed by atoms with Crippen molar-refractivity contribution < 1.29 is 14.3 Å². The lowest BCUT2D eigenvalue weighted by Crippen LogP contribution is -2.41. The Kier molecular flexibility index (Phi) is 6.70. The quantitative estimate of drug-likeness (QED) is 0.533. The Morgan fingerprint density at radius 3 is 2.62 bits per heavy atom. The van der Waals surface area contributed by atoms with Gasteiger partial charge in [0, 0.05) is 30.6 Å². The number of benzene rings is 1. The van der Waals surface area contributed by atoms with Gasteiger partial charge in [0.25, 0.3) is 11.5 Å². The van der Waals surface area contributed by atoms with E-state index in [0.29, 0.717) is 49.9 Å². The van der Waals surface area contributed by atoms with Crippen molar-refractivity contribution in [3.8, 4) is 0 Å². The van der Waals surface area contributed by atoms with Crippen molar-refractivity contribution in [1.82, 2.24) is 19.7 Å². The number of nitrogens with zero attached hydrogens (tertiary/aromatic N) is 3. The normalized spacial score (nSPS) is 17.9. The van der Waals surface area contributed by atoms with Gasteiger partial charge in [-0.2, -0.15) is 5.10 Å². The van der Waals surface area contributed by atoms with Crippen LogP contribution in [-0.4, -0.2) is 64.6 Å². The summed E-state index contributed by atoms with van der Waals surface area (Å²) in [6, 6.07) is 4.20. The fraction of sp³-hybridized carbons (Fsp3) is 0.577. The molecule has 0 atom stereocenters. The number of ether oxygens (including phenoxy) is 2. The van der Waals surface area contributed by atoms with E-state index in [0.717, 1.165) is 47.7 Å². The van der Waals surface area contributed by atoms with Crippen molar-refractivity contribution in [2.45, 2.75) is 64.5 Å². The number of hydrogen-bond donors (Lipinski definition) is 1. The Hall–Kier alpha value is -2.71. The lowest BCUT2D eigenvalue weighted by Gasteiger charge is -2.32. The molecule has 2 aromatic heterocycles. The summed E-state index contributed by atoms with van der Waals surface area (Å²) in [4.78, 5) is 31.2. The van der Waals surface area contributed by atoms with Crippen molar-refractivity contribution in [1.29, 1.82) is 0 Å². The monoisotopic (exact) mass is 466 g/mol. The molecule has 1 aliphatic carbocycles. The van der Waals surface area contributed by atoms with Gasteiger partial charge in [0.1, 0.15) is 0 Å². The average molecular weight is 467 g/mol. The van der Waals surface area contributed by atoms with E-state index in [1.165, 1.54) is 12.8 Å². The Bertz CT molecular complexity index is 1230. The number of nitrogens with one attached hydrogen (secondary N) is 1. The predicted octanol–water partition coefficient (Wildman–Crippen LogP) is 3.96. The van der Waals surface area contributed by atoms with Crippen LogP contribution in [0.1, 0.15) is 67.4 Å². The molecule has 1 amide bonds. The summed E-state index contributed by atoms with van der Waals surface area (Å²) in [5.41, 5.74) is 3.04. The van der Waals surface area contributed by atoms with Crippen LogP contribution >= 0.6 is 0 Å². The zero-order valence-corrected chi connectivity index (χ0v) is 20.1. The molecule has 8 heteroatoms. The summed E-state index contributed by atoms with van der Waals surface area (Å²) < 4.78 is 13.3. The van der Waals surface area contributed by atoms with Crippen molar-refractivity contribution >= 4 is 27.7 Å². The van der Waals surface area contributed by atoms with Gasteiger partial charge in [-0.15, -0.1) is 0 Å². The first kappa shape index (κ1) is 23.1. The predicted molar refractivity (Wildman–Crippen MR) is 131 cm³/mol. The highest BCUT2D eigenvalue weighted by molar-refractivity contribution is 6.07. The number of H-pyrrole nitrogens is 1. The fourth-order valence-corrected chi connectivity index (χ4v) is 5.46. The number of pyridine rings is 1. The zero-order chi connectivity index (χ0) is 23.7. The number of aromatic nitrogens is 3. The summed E-state index contributed by atoms with van der Waals surface area (Å²) >= 11 is 0. The van der Waals surface area contributed by atoms with Gasteiger partial charge >= 0.3 is 0 Å². The number of hydrogen-bond acceptors (Lipinski definition) is 5. The van der Waals surface area contributed by atoms with Gasteiger partial charge in [0.2, 0.25) is 0 Å². The second-order valence-electron chi connectivity index (χ2n) is 9.52. The number of carbonyl (C=O) groups is 1. The number of likely N-dealkylation sites (tertiary alicyclic amines) is 1. The van der Waals surface area contributed by atoms with Crippen LogP contribution in [0.3, 0.4) is 0 Å². The van der Waals surface area contributed by atoms with Crippen molar-refractivity contribution in [2.75, 3.05) is 32.9 Å². The number of piperidine rings is 1. The van der Waals surface area contributed by atoms with E-state index in [-0.39, 0.29) is 17.6 Å². The molecular formula is C26H34N4O4. The molecule has 1 saturated carbocycles. The van der Waals surface area contributed by atoms with Gasteiger partial charge in [-0.1, -0.05) is 12.8 Å². The smallest absolute Gasteiger partial charge is 0.259 e. The van der Waals surface area contributed by atoms with Crippen LogP contribution in [0.5, 0.6) is 0 Å². The molecule has 0 spiro atoms. The summed E-state index contributed by atoms with van der Waals surface area (Å²) in [6.07, 6.45) is 8.01. The van der Waals surface area contributed by atoms with Gasteiger partial charge in [0.05, 0.1) is 48.0 Å². The molecule has 1 aliphatic heterocycles. The summed E-state index contributed by atoms with van der Waals surface area (Å²) in [7, 11) is 0. The number of aromatic amines is 1. The van der Waals surface area contributed by atoms with Gasteiger partial charge in [-0.3, -0.25) is 14.3 Å². The maximum atomic E-state index is 13.5. The van der Waals surface area contributed by atoms with Gasteiger partial charge in [0.15, 0.2) is 0 Å². The van der Waals surface area contributed by atoms with Crippen LogP contribution in [0.15, 0.2) is 23.1 Å². The van der Waals surface area contributed by atoms with E-state index in [4.69, 9.17) is 9.47 Å².